The van der Waals surface area contributed by atoms with E-state index in [4.69, 9.17) is 10.5 Å². The number of amides is 1. The number of hydrogen-bond acceptors (Lipinski definition) is 4. The first-order chi connectivity index (χ1) is 10.3. The highest BCUT2D eigenvalue weighted by Crippen LogP contribution is 2.33. The molecule has 0 aliphatic rings. The van der Waals surface area contributed by atoms with Crippen molar-refractivity contribution in [2.75, 3.05) is 25.1 Å². The Labute approximate surface area is 128 Å². The summed E-state index contributed by atoms with van der Waals surface area (Å²) in [6.07, 6.45) is 0. The topological polar surface area (TPSA) is 64.3 Å². The van der Waals surface area contributed by atoms with Crippen molar-refractivity contribution in [2.45, 2.75) is 9.79 Å². The van der Waals surface area contributed by atoms with E-state index in [1.165, 1.54) is 0 Å². The Balaban J connectivity index is 2.01. The van der Waals surface area contributed by atoms with Crippen LogP contribution in [0.4, 0.5) is 5.69 Å². The zero-order chi connectivity index (χ0) is 14.9. The summed E-state index contributed by atoms with van der Waals surface area (Å²) in [6, 6.07) is 17.7. The molecule has 0 aliphatic carbocycles. The Kier molecular flexibility index (Phi) is 6.27. The molecule has 0 heterocycles. The Morgan fingerprint density at radius 3 is 2.57 bits per heavy atom. The van der Waals surface area contributed by atoms with E-state index in [0.717, 1.165) is 15.5 Å². The highest BCUT2D eigenvalue weighted by Gasteiger charge is 2.07. The van der Waals surface area contributed by atoms with Crippen molar-refractivity contribution in [2.24, 2.45) is 5.73 Å². The Hall–Kier alpha value is -1.82. The van der Waals surface area contributed by atoms with Gasteiger partial charge in [0.15, 0.2) is 0 Å². The van der Waals surface area contributed by atoms with Crippen LogP contribution >= 0.6 is 11.8 Å². The van der Waals surface area contributed by atoms with E-state index in [-0.39, 0.29) is 12.5 Å². The van der Waals surface area contributed by atoms with Crippen LogP contribution in [0.3, 0.4) is 0 Å². The van der Waals surface area contributed by atoms with Gasteiger partial charge in [-0.25, -0.2) is 0 Å². The first kappa shape index (κ1) is 15.6. The molecular weight excluding hydrogens is 284 g/mol. The molecule has 2 aromatic carbocycles. The molecular formula is C16H18N2O2S. The van der Waals surface area contributed by atoms with E-state index in [9.17, 15) is 4.79 Å². The van der Waals surface area contributed by atoms with Crippen LogP contribution in [-0.2, 0) is 9.53 Å². The van der Waals surface area contributed by atoms with Gasteiger partial charge in [0.25, 0.3) is 0 Å². The molecule has 0 saturated heterocycles. The van der Waals surface area contributed by atoms with Crippen LogP contribution in [0.5, 0.6) is 0 Å². The fourth-order valence-electron chi connectivity index (χ4n) is 1.71. The second-order valence-corrected chi connectivity index (χ2v) is 5.42. The summed E-state index contributed by atoms with van der Waals surface area (Å²) >= 11 is 1.61. The number of benzene rings is 2. The SMILES string of the molecule is NCCOCC(=O)Nc1ccccc1Sc1ccccc1. The molecule has 21 heavy (non-hydrogen) atoms. The third kappa shape index (κ3) is 5.23. The summed E-state index contributed by atoms with van der Waals surface area (Å²) in [5.74, 6) is -0.176. The lowest BCUT2D eigenvalue weighted by molar-refractivity contribution is -0.120. The van der Waals surface area contributed by atoms with Crippen molar-refractivity contribution >= 4 is 23.4 Å². The minimum Gasteiger partial charge on any atom is -0.370 e. The molecule has 2 aromatic rings. The third-order valence-corrected chi connectivity index (χ3v) is 3.71. The molecule has 2 rings (SSSR count). The number of para-hydroxylation sites is 1. The predicted molar refractivity (Wildman–Crippen MR) is 85.5 cm³/mol. The summed E-state index contributed by atoms with van der Waals surface area (Å²) in [5, 5.41) is 2.86. The molecule has 0 atom stereocenters. The minimum absolute atomic E-state index is 0.0154. The second kappa shape index (κ2) is 8.46. The van der Waals surface area contributed by atoms with Crippen LogP contribution in [-0.4, -0.2) is 25.7 Å². The Morgan fingerprint density at radius 1 is 1.10 bits per heavy atom. The van der Waals surface area contributed by atoms with E-state index in [1.54, 1.807) is 11.8 Å². The highest BCUT2D eigenvalue weighted by atomic mass is 32.2. The lowest BCUT2D eigenvalue weighted by Gasteiger charge is -2.10. The summed E-state index contributed by atoms with van der Waals surface area (Å²) in [7, 11) is 0. The summed E-state index contributed by atoms with van der Waals surface area (Å²) < 4.78 is 5.13. The molecule has 0 fully saturated rings. The van der Waals surface area contributed by atoms with Gasteiger partial charge in [0, 0.05) is 16.3 Å². The largest absolute Gasteiger partial charge is 0.370 e. The Morgan fingerprint density at radius 2 is 1.81 bits per heavy atom. The summed E-state index contributed by atoms with van der Waals surface area (Å²) in [5.41, 5.74) is 6.10. The van der Waals surface area contributed by atoms with Crippen molar-refractivity contribution in [1.29, 1.82) is 0 Å². The van der Waals surface area contributed by atoms with Crippen molar-refractivity contribution < 1.29 is 9.53 Å². The average molecular weight is 302 g/mol. The molecule has 5 heteroatoms. The number of nitrogens with two attached hydrogens (primary N) is 1. The summed E-state index contributed by atoms with van der Waals surface area (Å²) in [4.78, 5) is 13.9. The number of carbonyl (C=O) groups is 1. The van der Waals surface area contributed by atoms with Crippen LogP contribution < -0.4 is 11.1 Å². The zero-order valence-corrected chi connectivity index (χ0v) is 12.4. The molecule has 0 bridgehead atoms. The molecule has 0 unspecified atom stereocenters. The van der Waals surface area contributed by atoms with E-state index >= 15 is 0 Å². The lowest BCUT2D eigenvalue weighted by atomic mass is 10.3. The number of carbonyl (C=O) groups excluding carboxylic acids is 1. The van der Waals surface area contributed by atoms with Crippen LogP contribution in [0.15, 0.2) is 64.4 Å². The van der Waals surface area contributed by atoms with Gasteiger partial charge in [-0.2, -0.15) is 0 Å². The maximum Gasteiger partial charge on any atom is 0.250 e. The van der Waals surface area contributed by atoms with Gasteiger partial charge in [0.2, 0.25) is 5.91 Å². The highest BCUT2D eigenvalue weighted by molar-refractivity contribution is 7.99. The molecule has 0 saturated carbocycles. The standard InChI is InChI=1S/C16H18N2O2S/c17-10-11-20-12-16(19)18-14-8-4-5-9-15(14)21-13-6-2-1-3-7-13/h1-9H,10-12,17H2,(H,18,19). The van der Waals surface area contributed by atoms with Crippen molar-refractivity contribution in [3.8, 4) is 0 Å². The van der Waals surface area contributed by atoms with Gasteiger partial charge in [0.05, 0.1) is 12.3 Å². The summed E-state index contributed by atoms with van der Waals surface area (Å²) in [6.45, 7) is 0.809. The number of hydrogen-bond donors (Lipinski definition) is 2. The van der Waals surface area contributed by atoms with Crippen molar-refractivity contribution in [3.63, 3.8) is 0 Å². The maximum atomic E-state index is 11.8. The molecule has 0 spiro atoms. The van der Waals surface area contributed by atoms with Gasteiger partial charge in [-0.3, -0.25) is 4.79 Å². The molecule has 3 N–H and O–H groups in total. The normalized spacial score (nSPS) is 10.3. The first-order valence-electron chi connectivity index (χ1n) is 6.69. The van der Waals surface area contributed by atoms with Crippen LogP contribution in [0.2, 0.25) is 0 Å². The van der Waals surface area contributed by atoms with Gasteiger partial charge in [0.1, 0.15) is 6.61 Å². The average Bonchev–Trinajstić information content (AvgIpc) is 2.51. The smallest absolute Gasteiger partial charge is 0.250 e. The molecule has 0 aliphatic heterocycles. The zero-order valence-electron chi connectivity index (χ0n) is 11.6. The van der Waals surface area contributed by atoms with Gasteiger partial charge in [-0.1, -0.05) is 42.1 Å². The quantitative estimate of drug-likeness (QED) is 0.772. The van der Waals surface area contributed by atoms with E-state index in [0.29, 0.717) is 13.2 Å². The number of anilines is 1. The maximum absolute atomic E-state index is 11.8. The third-order valence-electron chi connectivity index (χ3n) is 2.63. The number of ether oxygens (including phenoxy) is 1. The van der Waals surface area contributed by atoms with Crippen molar-refractivity contribution in [3.05, 3.63) is 54.6 Å². The van der Waals surface area contributed by atoms with E-state index < -0.39 is 0 Å². The molecule has 4 nitrogen and oxygen atoms in total. The second-order valence-electron chi connectivity index (χ2n) is 4.30. The Bertz CT molecular complexity index is 575. The molecule has 0 aromatic heterocycles. The molecule has 0 radical (unpaired) electrons. The van der Waals surface area contributed by atoms with Gasteiger partial charge in [-0.05, 0) is 24.3 Å². The monoisotopic (exact) mass is 302 g/mol. The number of rotatable bonds is 7. The van der Waals surface area contributed by atoms with Gasteiger partial charge in [-0.15, -0.1) is 0 Å². The molecule has 110 valence electrons. The predicted octanol–water partition coefficient (Wildman–Crippen LogP) is 2.75. The van der Waals surface area contributed by atoms with Crippen molar-refractivity contribution in [1.82, 2.24) is 0 Å². The minimum atomic E-state index is -0.176. The van der Waals surface area contributed by atoms with Crippen LogP contribution in [0, 0.1) is 0 Å². The first-order valence-corrected chi connectivity index (χ1v) is 7.51. The fraction of sp³-hybridized carbons (Fsp3) is 0.188. The van der Waals surface area contributed by atoms with E-state index in [1.807, 2.05) is 54.6 Å². The van der Waals surface area contributed by atoms with Crippen LogP contribution in [0.1, 0.15) is 0 Å². The van der Waals surface area contributed by atoms with Gasteiger partial charge < -0.3 is 15.8 Å². The van der Waals surface area contributed by atoms with E-state index in [2.05, 4.69) is 5.32 Å². The molecule has 1 amide bonds. The van der Waals surface area contributed by atoms with Gasteiger partial charge >= 0.3 is 0 Å². The lowest BCUT2D eigenvalue weighted by Crippen LogP contribution is -2.21. The fourth-order valence-corrected chi connectivity index (χ4v) is 2.63. The number of nitrogens with one attached hydrogen (secondary N) is 1. The van der Waals surface area contributed by atoms with Crippen LogP contribution in [0.25, 0.3) is 0 Å².